The summed E-state index contributed by atoms with van der Waals surface area (Å²) in [5.74, 6) is -11.0. The van der Waals surface area contributed by atoms with E-state index in [1.807, 2.05) is 0 Å². The van der Waals surface area contributed by atoms with Crippen molar-refractivity contribution >= 4 is 5.97 Å². The average Bonchev–Trinajstić information content (AvgIpc) is 2.92. The minimum absolute atomic E-state index is 0.0308. The maximum Gasteiger partial charge on any atom is 0.323 e. The first-order chi connectivity index (χ1) is 21.2. The summed E-state index contributed by atoms with van der Waals surface area (Å²) in [7, 11) is 2.54. The van der Waals surface area contributed by atoms with Crippen LogP contribution >= 0.6 is 0 Å². The van der Waals surface area contributed by atoms with Crippen molar-refractivity contribution in [1.29, 1.82) is 0 Å². The second-order valence-electron chi connectivity index (χ2n) is 7.04. The number of fused-ring (bicyclic) bond motifs is 3. The van der Waals surface area contributed by atoms with Crippen molar-refractivity contribution in [2.45, 2.75) is 64.8 Å². The summed E-state index contributed by atoms with van der Waals surface area (Å²) in [5.41, 5.74) is 5.54. The minimum Gasteiger partial charge on any atom is -0.493 e. The highest BCUT2D eigenvalue weighted by atomic mass is 16.5. The maximum atomic E-state index is 13.6. The van der Waals surface area contributed by atoms with Crippen LogP contribution in [-0.4, -0.2) is 50.3 Å². The summed E-state index contributed by atoms with van der Waals surface area (Å²) in [6.45, 7) is -14.2. The van der Waals surface area contributed by atoms with Crippen LogP contribution in [-0.2, 0) is 15.9 Å². The van der Waals surface area contributed by atoms with Crippen LogP contribution in [0.15, 0.2) is 12.1 Å². The van der Waals surface area contributed by atoms with Gasteiger partial charge < -0.3 is 19.9 Å². The molecule has 5 atom stereocenters. The van der Waals surface area contributed by atoms with Gasteiger partial charge in [-0.15, -0.1) is 0 Å². The number of hydrogen-bond acceptors (Lipinski definition) is 6. The Morgan fingerprint density at radius 1 is 1.37 bits per heavy atom. The fraction of sp³-hybridized carbons (Fsp3) is 0.708. The predicted molar refractivity (Wildman–Crippen MR) is 118 cm³/mol. The Bertz CT molecular complexity index is 1390. The molecule has 0 bridgehead atoms. The lowest BCUT2D eigenvalue weighted by Crippen LogP contribution is -2.51. The van der Waals surface area contributed by atoms with Gasteiger partial charge in [0.1, 0.15) is 12.1 Å². The molecule has 6 heteroatoms. The van der Waals surface area contributed by atoms with Crippen LogP contribution in [0.5, 0.6) is 11.5 Å². The monoisotopic (exact) mass is 436 g/mol. The molecule has 2 aliphatic heterocycles. The number of carbonyl (C=O) groups excluding carboxylic acids is 1. The van der Waals surface area contributed by atoms with Gasteiger partial charge in [0.25, 0.3) is 0 Å². The molecule has 0 aromatic heterocycles. The first-order valence-electron chi connectivity index (χ1n) is 18.2. The molecule has 1 saturated heterocycles. The minimum atomic E-state index is -3.99. The summed E-state index contributed by atoms with van der Waals surface area (Å²) >= 11 is 0. The topological polar surface area (TPSA) is 74.0 Å². The second kappa shape index (κ2) is 9.56. The Balaban J connectivity index is 2.31. The van der Waals surface area contributed by atoms with Gasteiger partial charge in [0.2, 0.25) is 0 Å². The fourth-order valence-corrected chi connectivity index (χ4v) is 3.65. The quantitative estimate of drug-likeness (QED) is 0.659. The third-order valence-corrected chi connectivity index (χ3v) is 5.07. The highest BCUT2D eigenvalue weighted by Gasteiger charge is 2.41. The molecule has 6 nitrogen and oxygen atoms in total. The molecule has 0 aliphatic carbocycles. The summed E-state index contributed by atoms with van der Waals surface area (Å²) in [6.07, 6.45) is -8.67. The Hall–Kier alpha value is -1.79. The van der Waals surface area contributed by atoms with Gasteiger partial charge in [0, 0.05) is 54.7 Å². The van der Waals surface area contributed by atoms with Gasteiger partial charge in [-0.2, -0.15) is 0 Å². The van der Waals surface area contributed by atoms with Gasteiger partial charge in [-0.25, -0.2) is 0 Å². The van der Waals surface area contributed by atoms with E-state index in [1.54, 1.807) is 0 Å². The number of piperidine rings is 1. The van der Waals surface area contributed by atoms with E-state index in [-0.39, 0.29) is 22.6 Å². The van der Waals surface area contributed by atoms with Crippen LogP contribution in [0, 0.1) is 17.7 Å². The van der Waals surface area contributed by atoms with Gasteiger partial charge in [-0.1, -0.05) is 27.5 Å². The van der Waals surface area contributed by atoms with Gasteiger partial charge in [0.15, 0.2) is 11.5 Å². The van der Waals surface area contributed by atoms with Crippen molar-refractivity contribution in [2.24, 2.45) is 23.4 Å². The molecule has 30 heavy (non-hydrogen) atoms. The first kappa shape index (κ1) is 8.99. The molecule has 1 fully saturated rings. The highest BCUT2D eigenvalue weighted by Crippen LogP contribution is 2.44. The third kappa shape index (κ3) is 4.75. The molecule has 1 aromatic rings. The number of methoxy groups -OCH3 is 2. The zero-order valence-corrected chi connectivity index (χ0v) is 17.0. The molecule has 0 amide bonds. The molecule has 1 aromatic carbocycles. The molecule has 3 rings (SSSR count). The van der Waals surface area contributed by atoms with E-state index in [0.717, 1.165) is 11.8 Å². The average molecular weight is 437 g/mol. The van der Waals surface area contributed by atoms with E-state index in [2.05, 4.69) is 0 Å². The van der Waals surface area contributed by atoms with Crippen LogP contribution in [0.4, 0.5) is 0 Å². The molecule has 168 valence electrons. The number of nitrogens with zero attached hydrogens (tertiary/aromatic N) is 1. The summed E-state index contributed by atoms with van der Waals surface area (Å²) < 4.78 is 164. The lowest BCUT2D eigenvalue weighted by atomic mass is 9.79. The van der Waals surface area contributed by atoms with E-state index >= 15 is 0 Å². The number of aryl methyl sites for hydroxylation is 1. The maximum absolute atomic E-state index is 13.6. The molecular weight excluding hydrogens is 380 g/mol. The SMILES string of the molecule is [2H]C([2H])([2H])C([2H])(C)C([2H])([2H])C1CN2C(CC1OC(=O)[C@@]([2H])(N)C([2H])(C([2H])([2H])[2H])C([2H])([2H])[2H])c1cc(OC)c(OC)cc1C([2H])([2H])C2([2H])[2H]. The Morgan fingerprint density at radius 2 is 2.10 bits per heavy atom. The number of nitrogens with two attached hydrogens (primary N) is 1. The Morgan fingerprint density at radius 3 is 2.77 bits per heavy atom. The Labute approximate surface area is 206 Å². The smallest absolute Gasteiger partial charge is 0.323 e. The van der Waals surface area contributed by atoms with Crippen molar-refractivity contribution in [2.75, 3.05) is 27.3 Å². The van der Waals surface area contributed by atoms with Crippen molar-refractivity contribution in [3.05, 3.63) is 23.3 Å². The van der Waals surface area contributed by atoms with Crippen molar-refractivity contribution < 1.29 is 43.7 Å². The molecule has 0 saturated carbocycles. The number of ether oxygens (including phenoxy) is 3. The molecular formula is C24H38N2O4. The molecule has 4 unspecified atom stereocenters. The van der Waals surface area contributed by atoms with Crippen LogP contribution < -0.4 is 15.2 Å². The van der Waals surface area contributed by atoms with E-state index in [4.69, 9.17) is 44.6 Å². The summed E-state index contributed by atoms with van der Waals surface area (Å²) in [5, 5.41) is 0. The number of benzene rings is 1. The predicted octanol–water partition coefficient (Wildman–Crippen LogP) is 3.56. The zero-order valence-electron chi connectivity index (χ0n) is 35.0. The largest absolute Gasteiger partial charge is 0.493 e. The molecule has 0 spiro atoms. The number of carbonyl (C=O) groups is 1. The van der Waals surface area contributed by atoms with Gasteiger partial charge in [0.05, 0.1) is 15.6 Å². The van der Waals surface area contributed by atoms with Crippen molar-refractivity contribution in [3.8, 4) is 11.5 Å². The second-order valence-corrected chi connectivity index (χ2v) is 7.04. The third-order valence-electron chi connectivity index (χ3n) is 5.07. The van der Waals surface area contributed by atoms with Crippen LogP contribution in [0.25, 0.3) is 0 Å². The Kier molecular flexibility index (Phi) is 2.86. The van der Waals surface area contributed by atoms with E-state index in [9.17, 15) is 4.79 Å². The normalized spacial score (nSPS) is 42.2. The van der Waals surface area contributed by atoms with Gasteiger partial charge >= 0.3 is 5.97 Å². The van der Waals surface area contributed by atoms with Crippen LogP contribution in [0.3, 0.4) is 0 Å². The standard InChI is InChI=1S/C24H38N2O4/c1-14(2)9-17-13-26-8-7-16-10-21(28-5)22(29-6)11-18(16)19(26)12-20(17)30-24(27)23(25)15(3)4/h10-11,14-15,17,19-20,23H,7-9,12-13,25H2,1-6H3/t17?,19?,20?,23-/m0/s1/i1D3,3D3,4D3,7D2,8D2,9D2,14D,15D,23D/t14?,17?,19?,20?,23-. The lowest BCUT2D eigenvalue weighted by Gasteiger charge is -2.47. The molecule has 2 aliphatic rings. The fourth-order valence-electron chi connectivity index (χ4n) is 3.65. The summed E-state index contributed by atoms with van der Waals surface area (Å²) in [6, 6.07) is -2.64. The van der Waals surface area contributed by atoms with Gasteiger partial charge in [-0.05, 0) is 47.8 Å². The van der Waals surface area contributed by atoms with Gasteiger partial charge in [-0.3, -0.25) is 9.69 Å². The van der Waals surface area contributed by atoms with Crippen molar-refractivity contribution in [1.82, 2.24) is 4.90 Å². The lowest BCUT2D eigenvalue weighted by molar-refractivity contribution is -0.160. The zero-order chi connectivity index (χ0) is 37.6. The number of hydrogen-bond donors (Lipinski definition) is 1. The molecule has 0 radical (unpaired) electrons. The van der Waals surface area contributed by atoms with E-state index in [0.29, 0.717) is 0 Å². The summed E-state index contributed by atoms with van der Waals surface area (Å²) in [4.78, 5) is 14.5. The molecule has 2 N–H and O–H groups in total. The van der Waals surface area contributed by atoms with Crippen LogP contribution in [0.2, 0.25) is 0 Å². The van der Waals surface area contributed by atoms with E-state index < -0.39 is 94.6 Å². The highest BCUT2D eigenvalue weighted by molar-refractivity contribution is 5.76. The van der Waals surface area contributed by atoms with Crippen LogP contribution in [0.1, 0.15) is 82.1 Å². The van der Waals surface area contributed by atoms with E-state index in [1.165, 1.54) is 26.4 Å². The van der Waals surface area contributed by atoms with Crippen molar-refractivity contribution in [3.63, 3.8) is 0 Å². The first-order valence-corrected chi connectivity index (χ1v) is 9.25. The number of esters is 1. The number of rotatable bonds is 7. The molecule has 2 heterocycles.